The van der Waals surface area contributed by atoms with Crippen LogP contribution in [-0.2, 0) is 4.43 Å². The maximum atomic E-state index is 6.10. The molecule has 84 valence electrons. The first-order valence-corrected chi connectivity index (χ1v) is 8.79. The summed E-state index contributed by atoms with van der Waals surface area (Å²) in [6.07, 6.45) is 0.0258. The molecule has 0 aliphatic rings. The zero-order valence-electron chi connectivity index (χ0n) is 10.0. The lowest BCUT2D eigenvalue weighted by Gasteiger charge is -2.29. The molecule has 3 heteroatoms. The molecule has 0 saturated heterocycles. The monoisotopic (exact) mass is 223 g/mol. The van der Waals surface area contributed by atoms with Crippen molar-refractivity contribution in [3.05, 3.63) is 35.9 Å². The van der Waals surface area contributed by atoms with Crippen molar-refractivity contribution in [1.29, 1.82) is 0 Å². The Kier molecular flexibility index (Phi) is 4.08. The van der Waals surface area contributed by atoms with Crippen molar-refractivity contribution in [1.82, 2.24) is 0 Å². The normalized spacial score (nSPS) is 16.1. The number of rotatable bonds is 4. The molecule has 0 saturated carbocycles. The van der Waals surface area contributed by atoms with Crippen LogP contribution < -0.4 is 5.73 Å². The fourth-order valence-electron chi connectivity index (χ4n) is 1.50. The summed E-state index contributed by atoms with van der Waals surface area (Å²) in [5.41, 5.74) is 7.15. The zero-order chi connectivity index (χ0) is 11.5. The summed E-state index contributed by atoms with van der Waals surface area (Å²) in [4.78, 5) is 0. The van der Waals surface area contributed by atoms with Crippen molar-refractivity contribution in [2.45, 2.75) is 38.7 Å². The van der Waals surface area contributed by atoms with E-state index in [9.17, 15) is 0 Å². The standard InChI is InChI=1S/C12H21NOSi/c1-10(13)12(14-15(2,3)4)11-8-6-5-7-9-11/h5-10,12H,13H2,1-4H3/t10-,12-/m0/s1. The van der Waals surface area contributed by atoms with E-state index in [-0.39, 0.29) is 12.1 Å². The zero-order valence-corrected chi connectivity index (χ0v) is 11.0. The third kappa shape index (κ3) is 4.16. The van der Waals surface area contributed by atoms with Crippen molar-refractivity contribution in [2.75, 3.05) is 0 Å². The lowest BCUT2D eigenvalue weighted by Crippen LogP contribution is -2.36. The molecule has 1 aromatic rings. The Morgan fingerprint density at radius 1 is 1.13 bits per heavy atom. The van der Waals surface area contributed by atoms with E-state index in [1.54, 1.807) is 0 Å². The van der Waals surface area contributed by atoms with Gasteiger partial charge in [0.05, 0.1) is 6.10 Å². The van der Waals surface area contributed by atoms with Crippen molar-refractivity contribution >= 4 is 8.32 Å². The van der Waals surface area contributed by atoms with Gasteiger partial charge < -0.3 is 10.2 Å². The Hall–Kier alpha value is -0.643. The molecular weight excluding hydrogens is 202 g/mol. The van der Waals surface area contributed by atoms with Gasteiger partial charge in [-0.3, -0.25) is 0 Å². The van der Waals surface area contributed by atoms with Crippen LogP contribution in [0.2, 0.25) is 19.6 Å². The smallest absolute Gasteiger partial charge is 0.184 e. The predicted octanol–water partition coefficient (Wildman–Crippen LogP) is 2.93. The Morgan fingerprint density at radius 3 is 2.07 bits per heavy atom. The van der Waals surface area contributed by atoms with E-state index in [2.05, 4.69) is 31.8 Å². The Labute approximate surface area is 93.6 Å². The van der Waals surface area contributed by atoms with Crippen LogP contribution in [0, 0.1) is 0 Å². The SMILES string of the molecule is C[C@H](N)[C@H](O[Si](C)(C)C)c1ccccc1. The number of nitrogens with two attached hydrogens (primary N) is 1. The number of benzene rings is 1. The van der Waals surface area contributed by atoms with E-state index in [0.717, 1.165) is 0 Å². The van der Waals surface area contributed by atoms with Gasteiger partial charge in [-0.15, -0.1) is 0 Å². The minimum absolute atomic E-state index is 0.0258. The average Bonchev–Trinajstić information content (AvgIpc) is 2.14. The summed E-state index contributed by atoms with van der Waals surface area (Å²) in [5, 5.41) is 0. The van der Waals surface area contributed by atoms with Gasteiger partial charge in [0.1, 0.15) is 0 Å². The van der Waals surface area contributed by atoms with Crippen LogP contribution in [0.5, 0.6) is 0 Å². The van der Waals surface area contributed by atoms with E-state index in [1.165, 1.54) is 5.56 Å². The van der Waals surface area contributed by atoms with Gasteiger partial charge in [0.25, 0.3) is 0 Å². The topological polar surface area (TPSA) is 35.2 Å². The molecule has 0 unspecified atom stereocenters. The van der Waals surface area contributed by atoms with E-state index >= 15 is 0 Å². The van der Waals surface area contributed by atoms with Crippen LogP contribution in [-0.4, -0.2) is 14.4 Å². The molecule has 2 N–H and O–H groups in total. The van der Waals surface area contributed by atoms with Crippen LogP contribution in [0.4, 0.5) is 0 Å². The maximum absolute atomic E-state index is 6.10. The largest absolute Gasteiger partial charge is 0.409 e. The second kappa shape index (κ2) is 4.92. The average molecular weight is 223 g/mol. The summed E-state index contributed by atoms with van der Waals surface area (Å²) in [6, 6.07) is 10.2. The molecule has 0 fully saturated rings. The van der Waals surface area contributed by atoms with Gasteiger partial charge in [-0.25, -0.2) is 0 Å². The first-order chi connectivity index (χ1) is 6.90. The van der Waals surface area contributed by atoms with Gasteiger partial charge in [-0.1, -0.05) is 30.3 Å². The summed E-state index contributed by atoms with van der Waals surface area (Å²) >= 11 is 0. The summed E-state index contributed by atoms with van der Waals surface area (Å²) in [6.45, 7) is 8.56. The van der Waals surface area contributed by atoms with Crippen LogP contribution in [0.25, 0.3) is 0 Å². The fourth-order valence-corrected chi connectivity index (χ4v) is 2.62. The summed E-state index contributed by atoms with van der Waals surface area (Å²) < 4.78 is 6.10. The first-order valence-electron chi connectivity index (χ1n) is 5.38. The molecule has 0 amide bonds. The molecule has 0 spiro atoms. The highest BCUT2D eigenvalue weighted by Gasteiger charge is 2.24. The molecule has 0 aromatic heterocycles. The van der Waals surface area contributed by atoms with Crippen molar-refractivity contribution in [2.24, 2.45) is 5.73 Å². The molecule has 0 aliphatic heterocycles. The number of hydrogen-bond donors (Lipinski definition) is 1. The van der Waals surface area contributed by atoms with Crippen LogP contribution in [0.3, 0.4) is 0 Å². The van der Waals surface area contributed by atoms with Crippen molar-refractivity contribution < 1.29 is 4.43 Å². The second-order valence-corrected chi connectivity index (χ2v) is 9.38. The molecular formula is C12H21NOSi. The fraction of sp³-hybridized carbons (Fsp3) is 0.500. The van der Waals surface area contributed by atoms with Crippen molar-refractivity contribution in [3.63, 3.8) is 0 Å². The minimum atomic E-state index is -1.55. The summed E-state index contributed by atoms with van der Waals surface area (Å²) in [5.74, 6) is 0. The molecule has 1 aromatic carbocycles. The highest BCUT2D eigenvalue weighted by atomic mass is 28.4. The minimum Gasteiger partial charge on any atom is -0.409 e. The molecule has 2 atom stereocenters. The Bertz CT molecular complexity index is 292. The van der Waals surface area contributed by atoms with E-state index < -0.39 is 8.32 Å². The maximum Gasteiger partial charge on any atom is 0.184 e. The van der Waals surface area contributed by atoms with Crippen molar-refractivity contribution in [3.8, 4) is 0 Å². The number of hydrogen-bond acceptors (Lipinski definition) is 2. The lowest BCUT2D eigenvalue weighted by atomic mass is 10.0. The van der Waals surface area contributed by atoms with Gasteiger partial charge in [-0.2, -0.15) is 0 Å². The predicted molar refractivity (Wildman–Crippen MR) is 67.3 cm³/mol. The quantitative estimate of drug-likeness (QED) is 0.797. The van der Waals surface area contributed by atoms with Gasteiger partial charge in [0.2, 0.25) is 0 Å². The van der Waals surface area contributed by atoms with Crippen LogP contribution in [0.1, 0.15) is 18.6 Å². The van der Waals surface area contributed by atoms with Crippen LogP contribution >= 0.6 is 0 Å². The van der Waals surface area contributed by atoms with Gasteiger partial charge >= 0.3 is 0 Å². The molecule has 0 heterocycles. The Morgan fingerprint density at radius 2 is 1.67 bits per heavy atom. The first kappa shape index (κ1) is 12.4. The molecule has 15 heavy (non-hydrogen) atoms. The third-order valence-corrected chi connectivity index (χ3v) is 3.05. The second-order valence-electron chi connectivity index (χ2n) is 4.92. The van der Waals surface area contributed by atoms with Gasteiger partial charge in [-0.05, 0) is 32.1 Å². The molecule has 0 bridgehead atoms. The molecule has 0 radical (unpaired) electrons. The van der Waals surface area contributed by atoms with E-state index in [1.807, 2.05) is 25.1 Å². The molecule has 0 aliphatic carbocycles. The molecule has 1 rings (SSSR count). The molecule has 2 nitrogen and oxygen atoms in total. The lowest BCUT2D eigenvalue weighted by molar-refractivity contribution is 0.172. The van der Waals surface area contributed by atoms with Gasteiger partial charge in [0.15, 0.2) is 8.32 Å². The van der Waals surface area contributed by atoms with Crippen LogP contribution in [0.15, 0.2) is 30.3 Å². The third-order valence-electron chi connectivity index (χ3n) is 2.09. The summed E-state index contributed by atoms with van der Waals surface area (Å²) in [7, 11) is -1.55. The Balaban J connectivity index is 2.85. The highest BCUT2D eigenvalue weighted by molar-refractivity contribution is 6.69. The van der Waals surface area contributed by atoms with E-state index in [4.69, 9.17) is 10.2 Å². The van der Waals surface area contributed by atoms with Gasteiger partial charge in [0, 0.05) is 6.04 Å². The highest BCUT2D eigenvalue weighted by Crippen LogP contribution is 2.24. The van der Waals surface area contributed by atoms with E-state index in [0.29, 0.717) is 0 Å².